The van der Waals surface area contributed by atoms with Crippen molar-refractivity contribution in [1.82, 2.24) is 9.88 Å². The molecule has 1 aromatic carbocycles. The van der Waals surface area contributed by atoms with Gasteiger partial charge in [0.25, 0.3) is 0 Å². The zero-order valence-electron chi connectivity index (χ0n) is 13.6. The van der Waals surface area contributed by atoms with Crippen LogP contribution in [0.4, 0.5) is 0 Å². The van der Waals surface area contributed by atoms with Crippen molar-refractivity contribution in [1.29, 1.82) is 5.41 Å². The van der Waals surface area contributed by atoms with E-state index < -0.39 is 0 Å². The second kappa shape index (κ2) is 7.07. The van der Waals surface area contributed by atoms with Crippen molar-refractivity contribution in [3.05, 3.63) is 59.3 Å². The SMILES string of the molecule is CCN(C)C(=N)c1ccc(OC(C)c2ccccc2)nc1C. The molecule has 0 fully saturated rings. The molecule has 1 atom stereocenters. The molecule has 0 amide bonds. The van der Waals surface area contributed by atoms with Crippen LogP contribution in [0.25, 0.3) is 0 Å². The Kier molecular flexibility index (Phi) is 5.15. The third-order valence-electron chi connectivity index (χ3n) is 3.74. The van der Waals surface area contributed by atoms with Crippen LogP contribution in [0.5, 0.6) is 5.88 Å². The van der Waals surface area contributed by atoms with Gasteiger partial charge in [-0.1, -0.05) is 30.3 Å². The van der Waals surface area contributed by atoms with Gasteiger partial charge in [-0.05, 0) is 32.4 Å². The lowest BCUT2D eigenvalue weighted by Gasteiger charge is -2.20. The highest BCUT2D eigenvalue weighted by molar-refractivity contribution is 5.97. The predicted octanol–water partition coefficient (Wildman–Crippen LogP) is 3.81. The van der Waals surface area contributed by atoms with Crippen LogP contribution in [-0.2, 0) is 0 Å². The molecular weight excluding hydrogens is 274 g/mol. The molecule has 0 radical (unpaired) electrons. The van der Waals surface area contributed by atoms with E-state index in [1.54, 1.807) is 0 Å². The third kappa shape index (κ3) is 3.64. The number of aryl methyl sites for hydroxylation is 1. The van der Waals surface area contributed by atoms with Crippen LogP contribution < -0.4 is 4.74 Å². The molecule has 1 N–H and O–H groups in total. The Morgan fingerprint density at radius 1 is 1.23 bits per heavy atom. The normalized spacial score (nSPS) is 11.8. The maximum absolute atomic E-state index is 8.17. The van der Waals surface area contributed by atoms with E-state index in [-0.39, 0.29) is 6.10 Å². The first kappa shape index (κ1) is 16.0. The Labute approximate surface area is 132 Å². The van der Waals surface area contributed by atoms with Gasteiger partial charge in [0.15, 0.2) is 0 Å². The lowest BCUT2D eigenvalue weighted by atomic mass is 10.1. The molecular formula is C18H23N3O. The minimum Gasteiger partial charge on any atom is -0.470 e. The van der Waals surface area contributed by atoms with E-state index in [2.05, 4.69) is 4.98 Å². The van der Waals surface area contributed by atoms with Gasteiger partial charge in [-0.15, -0.1) is 0 Å². The first-order chi connectivity index (χ1) is 10.5. The molecule has 4 nitrogen and oxygen atoms in total. The van der Waals surface area contributed by atoms with Crippen LogP contribution >= 0.6 is 0 Å². The summed E-state index contributed by atoms with van der Waals surface area (Å²) in [5.41, 5.74) is 2.76. The van der Waals surface area contributed by atoms with Crippen LogP contribution in [0.15, 0.2) is 42.5 Å². The number of hydrogen-bond donors (Lipinski definition) is 1. The summed E-state index contributed by atoms with van der Waals surface area (Å²) in [6.07, 6.45) is -0.0586. The van der Waals surface area contributed by atoms with E-state index in [4.69, 9.17) is 10.1 Å². The van der Waals surface area contributed by atoms with Gasteiger partial charge in [0.05, 0.1) is 5.69 Å². The molecule has 2 aromatic rings. The van der Waals surface area contributed by atoms with E-state index in [9.17, 15) is 0 Å². The van der Waals surface area contributed by atoms with Crippen LogP contribution in [0, 0.1) is 12.3 Å². The van der Waals surface area contributed by atoms with Gasteiger partial charge in [0.2, 0.25) is 5.88 Å². The summed E-state index contributed by atoms with van der Waals surface area (Å²) in [7, 11) is 1.91. The molecule has 1 aromatic heterocycles. The summed E-state index contributed by atoms with van der Waals surface area (Å²) < 4.78 is 5.91. The van der Waals surface area contributed by atoms with Gasteiger partial charge in [0.1, 0.15) is 11.9 Å². The third-order valence-corrected chi connectivity index (χ3v) is 3.74. The number of amidine groups is 1. The number of rotatable bonds is 5. The maximum Gasteiger partial charge on any atom is 0.214 e. The highest BCUT2D eigenvalue weighted by atomic mass is 16.5. The van der Waals surface area contributed by atoms with Crippen molar-refractivity contribution in [3.8, 4) is 5.88 Å². The molecule has 0 aliphatic rings. The quantitative estimate of drug-likeness (QED) is 0.674. The predicted molar refractivity (Wildman–Crippen MR) is 89.6 cm³/mol. The van der Waals surface area contributed by atoms with Crippen molar-refractivity contribution >= 4 is 5.84 Å². The topological polar surface area (TPSA) is 49.2 Å². The second-order valence-electron chi connectivity index (χ2n) is 5.32. The van der Waals surface area contributed by atoms with Gasteiger partial charge in [0, 0.05) is 25.2 Å². The van der Waals surface area contributed by atoms with Crippen LogP contribution in [0.1, 0.15) is 36.8 Å². The van der Waals surface area contributed by atoms with E-state index in [1.165, 1.54) is 0 Å². The van der Waals surface area contributed by atoms with E-state index in [0.29, 0.717) is 11.7 Å². The molecule has 1 heterocycles. The fourth-order valence-corrected chi connectivity index (χ4v) is 2.19. The lowest BCUT2D eigenvalue weighted by molar-refractivity contribution is 0.217. The zero-order valence-corrected chi connectivity index (χ0v) is 13.6. The van der Waals surface area contributed by atoms with Crippen molar-refractivity contribution in [2.45, 2.75) is 26.9 Å². The van der Waals surface area contributed by atoms with Crippen molar-refractivity contribution in [2.75, 3.05) is 13.6 Å². The number of hydrogen-bond acceptors (Lipinski definition) is 3. The Morgan fingerprint density at radius 2 is 1.91 bits per heavy atom. The fraction of sp³-hybridized carbons (Fsp3) is 0.333. The molecule has 0 bridgehead atoms. The van der Waals surface area contributed by atoms with Gasteiger partial charge < -0.3 is 9.64 Å². The smallest absolute Gasteiger partial charge is 0.214 e. The Balaban J connectivity index is 2.14. The molecule has 0 saturated heterocycles. The highest BCUT2D eigenvalue weighted by Crippen LogP contribution is 2.21. The molecule has 0 aliphatic heterocycles. The zero-order chi connectivity index (χ0) is 16.1. The fourth-order valence-electron chi connectivity index (χ4n) is 2.19. The molecule has 0 spiro atoms. The average molecular weight is 297 g/mol. The number of benzene rings is 1. The summed E-state index contributed by atoms with van der Waals surface area (Å²) in [4.78, 5) is 6.37. The van der Waals surface area contributed by atoms with Crippen molar-refractivity contribution in [2.24, 2.45) is 0 Å². The van der Waals surface area contributed by atoms with Gasteiger partial charge >= 0.3 is 0 Å². The van der Waals surface area contributed by atoms with E-state index in [0.717, 1.165) is 23.4 Å². The summed E-state index contributed by atoms with van der Waals surface area (Å²) in [6.45, 7) is 6.73. The summed E-state index contributed by atoms with van der Waals surface area (Å²) in [6, 6.07) is 13.8. The number of nitrogens with zero attached hydrogens (tertiary/aromatic N) is 2. The molecule has 2 rings (SSSR count). The van der Waals surface area contributed by atoms with Gasteiger partial charge in [-0.25, -0.2) is 4.98 Å². The molecule has 22 heavy (non-hydrogen) atoms. The Bertz CT molecular complexity index is 640. The first-order valence-corrected chi connectivity index (χ1v) is 7.52. The molecule has 0 saturated carbocycles. The summed E-state index contributed by atoms with van der Waals surface area (Å²) >= 11 is 0. The van der Waals surface area contributed by atoms with Crippen LogP contribution in [-0.4, -0.2) is 29.3 Å². The molecule has 4 heteroatoms. The highest BCUT2D eigenvalue weighted by Gasteiger charge is 2.13. The van der Waals surface area contributed by atoms with Crippen LogP contribution in [0.3, 0.4) is 0 Å². The first-order valence-electron chi connectivity index (χ1n) is 7.52. The second-order valence-corrected chi connectivity index (χ2v) is 5.32. The number of pyridine rings is 1. The summed E-state index contributed by atoms with van der Waals surface area (Å²) in [5.74, 6) is 1.07. The maximum atomic E-state index is 8.17. The van der Waals surface area contributed by atoms with Crippen molar-refractivity contribution < 1.29 is 4.74 Å². The molecule has 1 unspecified atom stereocenters. The summed E-state index contributed by atoms with van der Waals surface area (Å²) in [5, 5.41) is 8.17. The lowest BCUT2D eigenvalue weighted by Crippen LogP contribution is -2.27. The largest absolute Gasteiger partial charge is 0.470 e. The van der Waals surface area contributed by atoms with Gasteiger partial charge in [-0.3, -0.25) is 5.41 Å². The van der Waals surface area contributed by atoms with Crippen molar-refractivity contribution in [3.63, 3.8) is 0 Å². The average Bonchev–Trinajstić information content (AvgIpc) is 2.54. The van der Waals surface area contributed by atoms with E-state index in [1.807, 2.05) is 75.2 Å². The standard InChI is InChI=1S/C18H23N3O/c1-5-21(4)18(19)16-11-12-17(20-13(16)2)22-14(3)15-9-7-6-8-10-15/h6-12,14,19H,5H2,1-4H3. The number of nitrogens with one attached hydrogen (secondary N) is 1. The monoisotopic (exact) mass is 297 g/mol. The minimum absolute atomic E-state index is 0.0586. The van der Waals surface area contributed by atoms with Gasteiger partial charge in [-0.2, -0.15) is 0 Å². The molecule has 0 aliphatic carbocycles. The van der Waals surface area contributed by atoms with Crippen LogP contribution in [0.2, 0.25) is 0 Å². The Hall–Kier alpha value is -2.36. The molecule has 116 valence electrons. The minimum atomic E-state index is -0.0586. The Morgan fingerprint density at radius 3 is 2.50 bits per heavy atom. The number of aromatic nitrogens is 1. The number of ether oxygens (including phenoxy) is 1. The van der Waals surface area contributed by atoms with E-state index >= 15 is 0 Å².